The highest BCUT2D eigenvalue weighted by atomic mass is 16.2. The third kappa shape index (κ3) is 3.70. The van der Waals surface area contributed by atoms with E-state index in [9.17, 15) is 14.4 Å². The Kier molecular flexibility index (Phi) is 5.53. The van der Waals surface area contributed by atoms with Gasteiger partial charge in [0.05, 0.1) is 0 Å². The van der Waals surface area contributed by atoms with Crippen LogP contribution in [0.1, 0.15) is 50.7 Å². The highest BCUT2D eigenvalue weighted by Gasteiger charge is 2.55. The maximum atomic E-state index is 13.0. The van der Waals surface area contributed by atoms with Gasteiger partial charge in [-0.1, -0.05) is 51.0 Å². The molecule has 1 aliphatic carbocycles. The Balaban J connectivity index is 1.64. The maximum absolute atomic E-state index is 13.0. The number of likely N-dealkylation sites (N-methyl/N-ethyl adjacent to an activating group) is 1. The van der Waals surface area contributed by atoms with Crippen molar-refractivity contribution in [3.8, 4) is 0 Å². The Morgan fingerprint density at radius 3 is 2.52 bits per heavy atom. The van der Waals surface area contributed by atoms with Crippen LogP contribution in [0.3, 0.4) is 0 Å². The summed E-state index contributed by atoms with van der Waals surface area (Å²) in [6.07, 6.45) is 4.54. The van der Waals surface area contributed by atoms with Crippen molar-refractivity contribution >= 4 is 17.8 Å². The molecule has 1 spiro atoms. The predicted octanol–water partition coefficient (Wildman–Crippen LogP) is 2.71. The summed E-state index contributed by atoms with van der Waals surface area (Å²) >= 11 is 0. The summed E-state index contributed by atoms with van der Waals surface area (Å²) in [6.45, 7) is 4.36. The van der Waals surface area contributed by atoms with Gasteiger partial charge in [-0.15, -0.1) is 0 Å². The van der Waals surface area contributed by atoms with E-state index in [1.54, 1.807) is 11.9 Å². The molecule has 1 saturated carbocycles. The lowest BCUT2D eigenvalue weighted by molar-refractivity contribution is -0.140. The molecule has 1 aromatic rings. The fraction of sp³-hybridized carbons (Fsp3) is 0.571. The molecule has 6 heteroatoms. The van der Waals surface area contributed by atoms with E-state index in [2.05, 4.69) is 24.4 Å². The minimum absolute atomic E-state index is 0.0950. The van der Waals surface area contributed by atoms with E-state index < -0.39 is 11.6 Å². The summed E-state index contributed by atoms with van der Waals surface area (Å²) < 4.78 is 0. The number of urea groups is 1. The Hall–Kier alpha value is -2.37. The van der Waals surface area contributed by atoms with Crippen LogP contribution in [-0.2, 0) is 22.6 Å². The van der Waals surface area contributed by atoms with Crippen LogP contribution in [0.5, 0.6) is 0 Å². The van der Waals surface area contributed by atoms with E-state index >= 15 is 0 Å². The van der Waals surface area contributed by atoms with E-state index in [0.29, 0.717) is 13.0 Å². The minimum atomic E-state index is -0.815. The van der Waals surface area contributed by atoms with Crippen LogP contribution in [0.15, 0.2) is 24.3 Å². The lowest BCUT2D eigenvalue weighted by atomic mass is 9.73. The van der Waals surface area contributed by atoms with Crippen molar-refractivity contribution in [2.75, 3.05) is 13.6 Å². The third-order valence-corrected chi connectivity index (χ3v) is 6.07. The van der Waals surface area contributed by atoms with Gasteiger partial charge >= 0.3 is 6.03 Å². The number of hydrogen-bond acceptors (Lipinski definition) is 3. The molecule has 2 fully saturated rings. The SMILES string of the molecule is CCc1ccc(CN(C)C(=O)CN2C(=O)N[C@@]3(CCCC[C@@H]3C)C2=O)cc1. The fourth-order valence-electron chi connectivity index (χ4n) is 4.14. The van der Waals surface area contributed by atoms with Gasteiger partial charge in [0.25, 0.3) is 5.91 Å². The second kappa shape index (κ2) is 7.71. The van der Waals surface area contributed by atoms with Gasteiger partial charge in [0, 0.05) is 13.6 Å². The molecule has 0 unspecified atom stereocenters. The Labute approximate surface area is 160 Å². The number of hydrogen-bond donors (Lipinski definition) is 1. The zero-order chi connectivity index (χ0) is 19.6. The molecule has 0 aromatic heterocycles. The second-order valence-electron chi connectivity index (χ2n) is 7.86. The van der Waals surface area contributed by atoms with E-state index in [1.165, 1.54) is 5.56 Å². The summed E-state index contributed by atoms with van der Waals surface area (Å²) in [7, 11) is 1.70. The Morgan fingerprint density at radius 2 is 1.89 bits per heavy atom. The summed E-state index contributed by atoms with van der Waals surface area (Å²) in [4.78, 5) is 40.7. The van der Waals surface area contributed by atoms with Gasteiger partial charge in [-0.25, -0.2) is 4.79 Å². The quantitative estimate of drug-likeness (QED) is 0.809. The smallest absolute Gasteiger partial charge is 0.325 e. The molecule has 146 valence electrons. The molecular formula is C21H29N3O3. The number of carbonyl (C=O) groups is 3. The predicted molar refractivity (Wildman–Crippen MR) is 103 cm³/mol. The van der Waals surface area contributed by atoms with Crippen LogP contribution in [0.4, 0.5) is 4.79 Å². The zero-order valence-electron chi connectivity index (χ0n) is 16.5. The van der Waals surface area contributed by atoms with Crippen molar-refractivity contribution in [2.24, 2.45) is 5.92 Å². The number of nitrogens with one attached hydrogen (secondary N) is 1. The minimum Gasteiger partial charge on any atom is -0.340 e. The molecule has 0 radical (unpaired) electrons. The first-order chi connectivity index (χ1) is 12.9. The normalized spacial score (nSPS) is 25.0. The molecule has 6 nitrogen and oxygen atoms in total. The van der Waals surface area contributed by atoms with Gasteiger partial charge in [0.1, 0.15) is 12.1 Å². The van der Waals surface area contributed by atoms with Gasteiger partial charge in [-0.3, -0.25) is 14.5 Å². The third-order valence-electron chi connectivity index (χ3n) is 6.07. The molecule has 2 atom stereocenters. The van der Waals surface area contributed by atoms with Gasteiger partial charge in [-0.2, -0.15) is 0 Å². The van der Waals surface area contributed by atoms with Crippen LogP contribution in [0.2, 0.25) is 0 Å². The molecule has 1 aliphatic heterocycles. The van der Waals surface area contributed by atoms with Crippen molar-refractivity contribution in [3.05, 3.63) is 35.4 Å². The number of aryl methyl sites for hydroxylation is 1. The summed E-state index contributed by atoms with van der Waals surface area (Å²) in [5, 5.41) is 2.89. The zero-order valence-corrected chi connectivity index (χ0v) is 16.5. The highest BCUT2D eigenvalue weighted by Crippen LogP contribution is 2.38. The van der Waals surface area contributed by atoms with E-state index in [4.69, 9.17) is 0 Å². The second-order valence-corrected chi connectivity index (χ2v) is 7.86. The highest BCUT2D eigenvalue weighted by molar-refractivity contribution is 6.09. The van der Waals surface area contributed by atoms with Crippen LogP contribution < -0.4 is 5.32 Å². The number of rotatable bonds is 5. The first-order valence-electron chi connectivity index (χ1n) is 9.83. The van der Waals surface area contributed by atoms with Crippen molar-refractivity contribution in [1.29, 1.82) is 0 Å². The average molecular weight is 371 g/mol. The molecule has 27 heavy (non-hydrogen) atoms. The lowest BCUT2D eigenvalue weighted by Crippen LogP contribution is -2.54. The first-order valence-corrected chi connectivity index (χ1v) is 9.83. The van der Waals surface area contributed by atoms with Crippen molar-refractivity contribution in [2.45, 2.75) is 58.0 Å². The van der Waals surface area contributed by atoms with Crippen LogP contribution in [0.25, 0.3) is 0 Å². The number of nitrogens with zero attached hydrogens (tertiary/aromatic N) is 2. The van der Waals surface area contributed by atoms with Crippen LogP contribution >= 0.6 is 0 Å². The summed E-state index contributed by atoms with van der Waals surface area (Å²) in [5.41, 5.74) is 1.46. The molecular weight excluding hydrogens is 342 g/mol. The van der Waals surface area contributed by atoms with Gasteiger partial charge in [0.2, 0.25) is 5.91 Å². The van der Waals surface area contributed by atoms with Crippen LogP contribution in [-0.4, -0.2) is 46.8 Å². The Morgan fingerprint density at radius 1 is 1.22 bits per heavy atom. The number of carbonyl (C=O) groups excluding carboxylic acids is 3. The monoisotopic (exact) mass is 371 g/mol. The molecule has 1 heterocycles. The topological polar surface area (TPSA) is 69.7 Å². The van der Waals surface area contributed by atoms with E-state index in [1.807, 2.05) is 19.1 Å². The lowest BCUT2D eigenvalue weighted by Gasteiger charge is -2.36. The van der Waals surface area contributed by atoms with E-state index in [-0.39, 0.29) is 24.3 Å². The number of benzene rings is 1. The molecule has 4 amide bonds. The van der Waals surface area contributed by atoms with Crippen molar-refractivity contribution in [3.63, 3.8) is 0 Å². The maximum Gasteiger partial charge on any atom is 0.325 e. The van der Waals surface area contributed by atoms with Gasteiger partial charge < -0.3 is 10.2 Å². The molecule has 1 N–H and O–H groups in total. The van der Waals surface area contributed by atoms with Gasteiger partial charge in [-0.05, 0) is 36.3 Å². The van der Waals surface area contributed by atoms with Gasteiger partial charge in [0.15, 0.2) is 0 Å². The average Bonchev–Trinajstić information content (AvgIpc) is 2.89. The summed E-state index contributed by atoms with van der Waals surface area (Å²) in [5.74, 6) is -0.384. The number of imide groups is 1. The van der Waals surface area contributed by atoms with Crippen LogP contribution in [0, 0.1) is 5.92 Å². The summed E-state index contributed by atoms with van der Waals surface area (Å²) in [6, 6.07) is 7.69. The largest absolute Gasteiger partial charge is 0.340 e. The number of amides is 4. The molecule has 1 saturated heterocycles. The first kappa shape index (κ1) is 19.4. The molecule has 1 aromatic carbocycles. The Bertz CT molecular complexity index is 731. The van der Waals surface area contributed by atoms with Crippen molar-refractivity contribution in [1.82, 2.24) is 15.1 Å². The molecule has 0 bridgehead atoms. The molecule has 3 rings (SSSR count). The fourth-order valence-corrected chi connectivity index (χ4v) is 4.14. The van der Waals surface area contributed by atoms with E-state index in [0.717, 1.165) is 36.1 Å². The standard InChI is InChI=1S/C21H29N3O3/c1-4-16-8-10-17(11-9-16)13-23(3)18(25)14-24-19(26)21(22-20(24)27)12-6-5-7-15(21)2/h8-11,15H,4-7,12-14H2,1-3H3,(H,22,27)/t15-,21+/m0/s1. The molecule has 2 aliphatic rings. The van der Waals surface area contributed by atoms with Crippen molar-refractivity contribution < 1.29 is 14.4 Å².